The number of aliphatic imine (C=N–C) groups is 2. The summed E-state index contributed by atoms with van der Waals surface area (Å²) in [6.45, 7) is 2.31. The van der Waals surface area contributed by atoms with Crippen molar-refractivity contribution in [1.29, 1.82) is 0 Å². The van der Waals surface area contributed by atoms with Crippen LogP contribution in [0.4, 0.5) is 0 Å². The van der Waals surface area contributed by atoms with Gasteiger partial charge in [0.25, 0.3) is 0 Å². The highest BCUT2D eigenvalue weighted by Gasteiger charge is 2.36. The molecule has 1 fully saturated rings. The van der Waals surface area contributed by atoms with Crippen LogP contribution in [0.3, 0.4) is 0 Å². The number of allylic oxidation sites excluding steroid dienone is 1. The van der Waals surface area contributed by atoms with E-state index in [4.69, 9.17) is 26.7 Å². The lowest BCUT2D eigenvalue weighted by Crippen LogP contribution is -2.61. The average molecular weight is 1680 g/mol. The third kappa shape index (κ3) is 39.5. The van der Waals surface area contributed by atoms with Gasteiger partial charge in [-0.1, -0.05) is 163 Å². The molecule has 0 aliphatic carbocycles. The van der Waals surface area contributed by atoms with Crippen molar-refractivity contribution >= 4 is 103 Å². The van der Waals surface area contributed by atoms with Gasteiger partial charge in [-0.2, -0.15) is 5.21 Å². The van der Waals surface area contributed by atoms with Crippen LogP contribution in [0, 0.1) is 0 Å². The summed E-state index contributed by atoms with van der Waals surface area (Å²) >= 11 is 0. The first-order valence-electron chi connectivity index (χ1n) is 42.3. The Morgan fingerprint density at radius 3 is 1.98 bits per heavy atom. The first kappa shape index (κ1) is 97.6. The molecule has 0 unspecified atom stereocenters. The molecule has 119 heavy (non-hydrogen) atoms. The smallest absolute Gasteiger partial charge is 0.246 e. The summed E-state index contributed by atoms with van der Waals surface area (Å²) in [5.74, 6) is -8.17. The summed E-state index contributed by atoms with van der Waals surface area (Å²) in [6.07, 6.45) is 22.6. The molecule has 6 rings (SSSR count). The number of aromatic nitrogens is 5. The molecule has 2 aliphatic rings. The van der Waals surface area contributed by atoms with Crippen LogP contribution in [0.2, 0.25) is 0 Å². The highest BCUT2D eigenvalue weighted by molar-refractivity contribution is 7.92. The van der Waals surface area contributed by atoms with Crippen LogP contribution in [-0.2, 0) is 96.1 Å². The molecule has 0 bridgehead atoms. The number of guanidine groups is 1. The number of ketones is 3. The first-order chi connectivity index (χ1) is 57.4. The third-order valence-electron chi connectivity index (χ3n) is 20.6. The second-order valence-corrected chi connectivity index (χ2v) is 32.7. The average Bonchev–Trinajstić information content (AvgIpc) is 1.69. The number of carbonyl (C=O) groups is 12. The Balaban J connectivity index is 1.01. The van der Waals surface area contributed by atoms with Crippen molar-refractivity contribution in [2.24, 2.45) is 27.2 Å². The number of sulfone groups is 1. The molecule has 0 spiro atoms. The summed E-state index contributed by atoms with van der Waals surface area (Å²) < 4.78 is 36.5. The van der Waals surface area contributed by atoms with E-state index in [2.05, 4.69) is 83.4 Å². The van der Waals surface area contributed by atoms with E-state index in [1.165, 1.54) is 51.9 Å². The maximum Gasteiger partial charge on any atom is 0.246 e. The number of H-pyrrole nitrogens is 2. The number of hydrogen-bond acceptors (Lipinski definition) is 22. The molecule has 9 amide bonds. The fraction of sp³-hybridized carbons (Fsp3) is 0.627. The van der Waals surface area contributed by atoms with Crippen LogP contribution in [0.1, 0.15) is 223 Å². The van der Waals surface area contributed by atoms with Crippen molar-refractivity contribution in [2.75, 3.05) is 57.6 Å². The SMILES string of the molecule is CCCC[C@H](NC(=O)[C@H](CC1=CCC=N1)NC(=O)COCCOCCNC(=O)CCCS(=O)(=O)CC(=O)CCCCCCCCCCCCCCCc1nn[nH]n1)C(=O)N[C@H]1CCC(=O)CCCCC[C@@H](C(C)=O)NC(=O)[C@H](Cc2c[nH]c3ccccc23)NC(=O)[C@H](CCCN=C(N)N)NC(=O)[C@@H](Cc2ccccc2)NC(=O)[C@H](CN)NC1=O. The van der Waals surface area contributed by atoms with Gasteiger partial charge in [0, 0.05) is 106 Å². The second-order valence-electron chi connectivity index (χ2n) is 30.5. The molecule has 36 heteroatoms. The van der Waals surface area contributed by atoms with Crippen LogP contribution in [0.25, 0.3) is 10.9 Å². The molecule has 0 radical (unpaired) electrons. The Morgan fingerprint density at radius 1 is 0.647 bits per heavy atom. The molecule has 8 atom stereocenters. The second kappa shape index (κ2) is 55.5. The van der Waals surface area contributed by atoms with Crippen LogP contribution in [0.15, 0.2) is 82.6 Å². The summed E-state index contributed by atoms with van der Waals surface area (Å²) in [5, 5.41) is 39.4. The molecular formula is C83H127N19O16S. The minimum Gasteiger partial charge on any atom is -0.377 e. The Bertz CT molecular complexity index is 4060. The standard InChI is InChI=1S/C83H127N19O16S/c1-3-4-35-66(93-81(113)71(52-60-31-26-43-87-60)91-75(107)55-118-48-47-117-46-45-88-74(106)40-28-49-119(115,116)56-62(105)33-20-14-12-10-8-6-5-7-9-11-13-15-23-39-73-99-101-102-100-73)76(108)95-68-42-41-61(104)32-21-17-22-36-64(57(2)103)92-80(112)70(51-59-54-90-65-37-25-24-34-63(59)65)97-77(109)67(38-27-44-89-83(85)86)94-79(111)69(50-58-29-18-16-19-30-58)96-82(114)72(53-84)98-78(68)110/h16,18-19,24-25,29-31,34,37,43,54,64,66-72,90H,3-15,17,20-23,26-28,32-33,35-36,38-42,44-53,55-56,84H2,1-2H3,(H,88,106)(H,91,107)(H,92,112)(H,93,113)(H,94,111)(H,95,108)(H,96,114)(H,97,109)(H,98,110)(H4,85,86,89)(H,99,100,101,102)/t64-,66-,67-,68-,69+,70-,71-,72-/m0/s1. The number of rotatable bonds is 50. The minimum absolute atomic E-state index is 0.0134. The number of aryl methyl sites for hydroxylation is 1. The van der Waals surface area contributed by atoms with Gasteiger partial charge in [-0.15, -0.1) is 10.2 Å². The predicted molar refractivity (Wildman–Crippen MR) is 450 cm³/mol. The molecule has 656 valence electrons. The van der Waals surface area contributed by atoms with Gasteiger partial charge in [0.15, 0.2) is 27.4 Å². The largest absolute Gasteiger partial charge is 0.377 e. The zero-order valence-electron chi connectivity index (χ0n) is 69.2. The van der Waals surface area contributed by atoms with Gasteiger partial charge in [-0.3, -0.25) is 67.5 Å². The lowest BCUT2D eigenvalue weighted by molar-refractivity contribution is -0.136. The van der Waals surface area contributed by atoms with E-state index in [0.29, 0.717) is 61.8 Å². The van der Waals surface area contributed by atoms with E-state index in [-0.39, 0.29) is 151 Å². The van der Waals surface area contributed by atoms with Crippen molar-refractivity contribution in [2.45, 2.75) is 274 Å². The molecule has 0 saturated carbocycles. The predicted octanol–water partition coefficient (Wildman–Crippen LogP) is 3.82. The zero-order valence-corrected chi connectivity index (χ0v) is 70.0. The lowest BCUT2D eigenvalue weighted by atomic mass is 9.99. The highest BCUT2D eigenvalue weighted by atomic mass is 32.2. The molecule has 2 aromatic heterocycles. The number of aromatic amines is 2. The van der Waals surface area contributed by atoms with Crippen molar-refractivity contribution in [1.82, 2.24) is 73.5 Å². The number of amides is 9. The fourth-order valence-electron chi connectivity index (χ4n) is 13.9. The van der Waals surface area contributed by atoms with Gasteiger partial charge in [0.1, 0.15) is 66.2 Å². The molecule has 2 aromatic carbocycles. The van der Waals surface area contributed by atoms with Crippen molar-refractivity contribution in [3.05, 3.63) is 89.5 Å². The van der Waals surface area contributed by atoms with Crippen molar-refractivity contribution in [3.8, 4) is 0 Å². The van der Waals surface area contributed by atoms with Crippen molar-refractivity contribution in [3.63, 3.8) is 0 Å². The fourth-order valence-corrected chi connectivity index (χ4v) is 15.3. The van der Waals surface area contributed by atoms with E-state index >= 15 is 0 Å². The van der Waals surface area contributed by atoms with Gasteiger partial charge in [0.2, 0.25) is 53.2 Å². The number of nitrogens with one attached hydrogen (secondary N) is 11. The highest BCUT2D eigenvalue weighted by Crippen LogP contribution is 2.22. The van der Waals surface area contributed by atoms with Crippen LogP contribution >= 0.6 is 0 Å². The molecule has 4 heterocycles. The van der Waals surface area contributed by atoms with Gasteiger partial charge < -0.3 is 79.5 Å². The quantitative estimate of drug-likeness (QED) is 0.0170. The van der Waals surface area contributed by atoms with Crippen LogP contribution < -0.4 is 65.1 Å². The van der Waals surface area contributed by atoms with E-state index in [1.807, 2.05) is 31.2 Å². The van der Waals surface area contributed by atoms with E-state index in [9.17, 15) is 66.0 Å². The summed E-state index contributed by atoms with van der Waals surface area (Å²) in [4.78, 5) is 180. The monoisotopic (exact) mass is 1680 g/mol. The van der Waals surface area contributed by atoms with Gasteiger partial charge >= 0.3 is 0 Å². The number of ether oxygens (including phenoxy) is 2. The van der Waals surface area contributed by atoms with Crippen molar-refractivity contribution < 1.29 is 75.4 Å². The van der Waals surface area contributed by atoms with E-state index < -0.39 is 124 Å². The Labute approximate surface area is 697 Å². The molecular weight excluding hydrogens is 1550 g/mol. The number of para-hydroxylation sites is 1. The van der Waals surface area contributed by atoms with E-state index in [1.54, 1.807) is 48.8 Å². The number of carbonyl (C=O) groups excluding carboxylic acids is 12. The first-order valence-corrected chi connectivity index (χ1v) is 44.1. The van der Waals surface area contributed by atoms with Crippen LogP contribution in [0.5, 0.6) is 0 Å². The number of unbranched alkanes of at least 4 members (excludes halogenated alkanes) is 13. The van der Waals surface area contributed by atoms with Gasteiger partial charge in [-0.25, -0.2) is 8.42 Å². The minimum atomic E-state index is -3.68. The number of Topliss-reactive ketones (excluding diaryl/α,β-unsaturated/α-hetero) is 3. The third-order valence-corrected chi connectivity index (χ3v) is 22.3. The van der Waals surface area contributed by atoms with Gasteiger partial charge in [0.05, 0.1) is 31.6 Å². The van der Waals surface area contributed by atoms with Crippen LogP contribution in [-0.4, -0.2) is 223 Å². The summed E-state index contributed by atoms with van der Waals surface area (Å²) in [7, 11) is -3.68. The number of hydrogen-bond donors (Lipinski definition) is 14. The maximum atomic E-state index is 14.8. The number of benzene rings is 2. The molecule has 1 saturated heterocycles. The Morgan fingerprint density at radius 2 is 1.30 bits per heavy atom. The molecule has 4 aromatic rings. The summed E-state index contributed by atoms with van der Waals surface area (Å²) in [6, 6.07) is 5.14. The lowest BCUT2D eigenvalue weighted by Gasteiger charge is -2.28. The van der Waals surface area contributed by atoms with E-state index in [0.717, 1.165) is 55.3 Å². The number of nitrogens with two attached hydrogens (primary N) is 3. The molecule has 35 nitrogen and oxygen atoms in total. The number of tetrazole rings is 1. The Kier molecular flexibility index (Phi) is 45.6. The normalized spacial score (nSPS) is 18.7. The zero-order chi connectivity index (χ0) is 86.0. The number of fused-ring (bicyclic) bond motifs is 1. The topological polar surface area (TPSA) is 539 Å². The van der Waals surface area contributed by atoms with Gasteiger partial charge in [-0.05, 0) is 81.9 Å². The summed E-state index contributed by atoms with van der Waals surface area (Å²) in [5.41, 5.74) is 20.0. The maximum absolute atomic E-state index is 14.8. The molecule has 17 N–H and O–H groups in total. The molecule has 2 aliphatic heterocycles. The number of nitrogens with zero attached hydrogens (tertiary/aromatic N) is 5. The Hall–Kier alpha value is -10.2.